The highest BCUT2D eigenvalue weighted by Gasteiger charge is 2.21. The Morgan fingerprint density at radius 1 is 1.23 bits per heavy atom. The van der Waals surface area contributed by atoms with Crippen LogP contribution in [0, 0.1) is 0 Å². The predicted octanol–water partition coefficient (Wildman–Crippen LogP) is 3.31. The van der Waals surface area contributed by atoms with E-state index in [1.807, 2.05) is 41.1 Å². The number of aromatic nitrogens is 3. The van der Waals surface area contributed by atoms with Gasteiger partial charge >= 0.3 is 0 Å². The van der Waals surface area contributed by atoms with Crippen molar-refractivity contribution in [1.29, 1.82) is 0 Å². The predicted molar refractivity (Wildman–Crippen MR) is 100 cm³/mol. The van der Waals surface area contributed by atoms with E-state index < -0.39 is 0 Å². The minimum Gasteiger partial charge on any atom is -0.393 e. The number of aliphatic hydroxyl groups excluding tert-OH is 1. The first-order valence-corrected chi connectivity index (χ1v) is 9.00. The molecule has 2 heterocycles. The molecule has 0 saturated heterocycles. The fourth-order valence-electron chi connectivity index (χ4n) is 3.55. The van der Waals surface area contributed by atoms with Gasteiger partial charge in [-0.2, -0.15) is 0 Å². The Hall–Kier alpha value is -2.73. The number of hydrogen-bond donors (Lipinski definition) is 2. The third-order valence-electron chi connectivity index (χ3n) is 5.03. The van der Waals surface area contributed by atoms with Crippen LogP contribution >= 0.6 is 0 Å². The SMILES string of the molecule is CC(=O)c1cccc(-c2cnc3c(NC4CCC(O)CC4)nccn23)c1. The van der Waals surface area contributed by atoms with Crippen LogP contribution in [0.5, 0.6) is 0 Å². The molecule has 1 saturated carbocycles. The number of benzene rings is 1. The molecule has 4 rings (SSSR count). The second-order valence-electron chi connectivity index (χ2n) is 6.90. The van der Waals surface area contributed by atoms with Gasteiger partial charge in [0.25, 0.3) is 0 Å². The number of aliphatic hydroxyl groups is 1. The van der Waals surface area contributed by atoms with Crippen LogP contribution in [-0.2, 0) is 0 Å². The van der Waals surface area contributed by atoms with E-state index in [0.29, 0.717) is 11.6 Å². The monoisotopic (exact) mass is 350 g/mol. The molecule has 26 heavy (non-hydrogen) atoms. The number of rotatable bonds is 4. The molecule has 1 aromatic carbocycles. The van der Waals surface area contributed by atoms with E-state index in [1.54, 1.807) is 13.1 Å². The average molecular weight is 350 g/mol. The summed E-state index contributed by atoms with van der Waals surface area (Å²) in [5.41, 5.74) is 3.32. The maximum atomic E-state index is 11.7. The third-order valence-corrected chi connectivity index (χ3v) is 5.03. The normalized spacial score (nSPS) is 20.2. The molecule has 2 aromatic heterocycles. The van der Waals surface area contributed by atoms with Crippen molar-refractivity contribution in [3.63, 3.8) is 0 Å². The van der Waals surface area contributed by atoms with Crippen LogP contribution in [0.25, 0.3) is 16.9 Å². The Balaban J connectivity index is 1.67. The number of imidazole rings is 1. The molecule has 2 N–H and O–H groups in total. The van der Waals surface area contributed by atoms with Crippen molar-refractivity contribution in [1.82, 2.24) is 14.4 Å². The van der Waals surface area contributed by atoms with Crippen molar-refractivity contribution in [2.24, 2.45) is 0 Å². The number of nitrogens with one attached hydrogen (secondary N) is 1. The zero-order valence-corrected chi connectivity index (χ0v) is 14.7. The second-order valence-corrected chi connectivity index (χ2v) is 6.90. The first kappa shape index (κ1) is 16.7. The van der Waals surface area contributed by atoms with Crippen LogP contribution < -0.4 is 5.32 Å². The largest absolute Gasteiger partial charge is 0.393 e. The van der Waals surface area contributed by atoms with Gasteiger partial charge in [0.1, 0.15) is 0 Å². The van der Waals surface area contributed by atoms with Gasteiger partial charge in [-0.05, 0) is 38.7 Å². The molecule has 0 atom stereocenters. The molecule has 0 radical (unpaired) electrons. The summed E-state index contributed by atoms with van der Waals surface area (Å²) >= 11 is 0. The lowest BCUT2D eigenvalue weighted by Crippen LogP contribution is -2.28. The first-order valence-electron chi connectivity index (χ1n) is 9.00. The van der Waals surface area contributed by atoms with Crippen LogP contribution in [0.15, 0.2) is 42.9 Å². The standard InChI is InChI=1S/C20H22N4O2/c1-13(25)14-3-2-4-15(11-14)18-12-22-20-19(21-9-10-24(18)20)23-16-5-7-17(26)8-6-16/h2-4,9-12,16-17,26H,5-8H2,1H3,(H,21,23). The van der Waals surface area contributed by atoms with Crippen molar-refractivity contribution >= 4 is 17.2 Å². The van der Waals surface area contributed by atoms with Crippen LogP contribution in [-0.4, -0.2) is 37.4 Å². The van der Waals surface area contributed by atoms with Crippen molar-refractivity contribution in [2.45, 2.75) is 44.8 Å². The van der Waals surface area contributed by atoms with E-state index in [1.165, 1.54) is 0 Å². The topological polar surface area (TPSA) is 79.5 Å². The summed E-state index contributed by atoms with van der Waals surface area (Å²) in [5.74, 6) is 0.798. The van der Waals surface area contributed by atoms with E-state index in [9.17, 15) is 9.90 Å². The fourth-order valence-corrected chi connectivity index (χ4v) is 3.55. The number of fused-ring (bicyclic) bond motifs is 1. The van der Waals surface area contributed by atoms with E-state index in [2.05, 4.69) is 15.3 Å². The number of Topliss-reactive ketones (excluding diaryl/α,β-unsaturated/α-hetero) is 1. The van der Waals surface area contributed by atoms with Crippen LogP contribution in [0.4, 0.5) is 5.82 Å². The minimum atomic E-state index is -0.177. The quantitative estimate of drug-likeness (QED) is 0.706. The van der Waals surface area contributed by atoms with Gasteiger partial charge in [0.05, 0.1) is 18.0 Å². The Bertz CT molecular complexity index is 942. The summed E-state index contributed by atoms with van der Waals surface area (Å²) in [6, 6.07) is 7.88. The van der Waals surface area contributed by atoms with Crippen molar-refractivity contribution in [3.05, 3.63) is 48.4 Å². The molecule has 3 aromatic rings. The van der Waals surface area contributed by atoms with E-state index in [4.69, 9.17) is 0 Å². The van der Waals surface area contributed by atoms with Crippen molar-refractivity contribution in [2.75, 3.05) is 5.32 Å². The number of carbonyl (C=O) groups excluding carboxylic acids is 1. The smallest absolute Gasteiger partial charge is 0.180 e. The number of nitrogens with zero attached hydrogens (tertiary/aromatic N) is 3. The Morgan fingerprint density at radius 3 is 2.81 bits per heavy atom. The number of anilines is 1. The van der Waals surface area contributed by atoms with Crippen LogP contribution in [0.3, 0.4) is 0 Å². The van der Waals surface area contributed by atoms with E-state index in [-0.39, 0.29) is 11.9 Å². The molecule has 0 spiro atoms. The molecular weight excluding hydrogens is 328 g/mol. The van der Waals surface area contributed by atoms with E-state index >= 15 is 0 Å². The molecule has 0 amide bonds. The Kier molecular flexibility index (Phi) is 4.42. The van der Waals surface area contributed by atoms with Crippen molar-refractivity contribution in [3.8, 4) is 11.3 Å². The van der Waals surface area contributed by atoms with Gasteiger partial charge < -0.3 is 10.4 Å². The molecule has 1 fully saturated rings. The summed E-state index contributed by atoms with van der Waals surface area (Å²) < 4.78 is 1.99. The third kappa shape index (κ3) is 3.20. The molecule has 6 nitrogen and oxygen atoms in total. The van der Waals surface area contributed by atoms with Crippen LogP contribution in [0.1, 0.15) is 43.0 Å². The van der Waals surface area contributed by atoms with Gasteiger partial charge in [-0.1, -0.05) is 18.2 Å². The zero-order chi connectivity index (χ0) is 18.1. The Morgan fingerprint density at radius 2 is 2.04 bits per heavy atom. The lowest BCUT2D eigenvalue weighted by molar-refractivity contribution is 0.101. The minimum absolute atomic E-state index is 0.0455. The highest BCUT2D eigenvalue weighted by molar-refractivity contribution is 5.95. The molecule has 0 aliphatic heterocycles. The summed E-state index contributed by atoms with van der Waals surface area (Å²) in [7, 11) is 0. The molecular formula is C20H22N4O2. The van der Waals surface area contributed by atoms with Gasteiger partial charge in [0, 0.05) is 29.6 Å². The molecule has 1 aliphatic rings. The molecule has 134 valence electrons. The van der Waals surface area contributed by atoms with E-state index in [0.717, 1.165) is 48.4 Å². The second kappa shape index (κ2) is 6.88. The highest BCUT2D eigenvalue weighted by atomic mass is 16.3. The molecule has 6 heteroatoms. The van der Waals surface area contributed by atoms with Crippen LogP contribution in [0.2, 0.25) is 0 Å². The molecule has 1 aliphatic carbocycles. The van der Waals surface area contributed by atoms with Gasteiger partial charge in [-0.3, -0.25) is 9.20 Å². The highest BCUT2D eigenvalue weighted by Crippen LogP contribution is 2.26. The molecule has 0 bridgehead atoms. The van der Waals surface area contributed by atoms with Crippen molar-refractivity contribution < 1.29 is 9.90 Å². The summed E-state index contributed by atoms with van der Waals surface area (Å²) in [6.45, 7) is 1.57. The Labute approximate surface area is 151 Å². The van der Waals surface area contributed by atoms with Gasteiger partial charge in [0.15, 0.2) is 17.2 Å². The molecule has 0 unspecified atom stereocenters. The summed E-state index contributed by atoms with van der Waals surface area (Å²) in [5, 5.41) is 13.2. The summed E-state index contributed by atoms with van der Waals surface area (Å²) in [6.07, 6.45) is 8.77. The van der Waals surface area contributed by atoms with Gasteiger partial charge in [-0.15, -0.1) is 0 Å². The number of carbonyl (C=O) groups is 1. The number of hydrogen-bond acceptors (Lipinski definition) is 5. The maximum Gasteiger partial charge on any atom is 0.180 e. The lowest BCUT2D eigenvalue weighted by Gasteiger charge is -2.26. The average Bonchev–Trinajstić information content (AvgIpc) is 3.09. The fraction of sp³-hybridized carbons (Fsp3) is 0.350. The van der Waals surface area contributed by atoms with Gasteiger partial charge in [0.2, 0.25) is 0 Å². The lowest BCUT2D eigenvalue weighted by atomic mass is 9.93. The van der Waals surface area contributed by atoms with Gasteiger partial charge in [-0.25, -0.2) is 9.97 Å². The summed E-state index contributed by atoms with van der Waals surface area (Å²) in [4.78, 5) is 20.7. The zero-order valence-electron chi connectivity index (χ0n) is 14.7. The maximum absolute atomic E-state index is 11.7. The first-order chi connectivity index (χ1) is 12.6. The number of ketones is 1.